The Morgan fingerprint density at radius 3 is 2.65 bits per heavy atom. The number of aryl methyl sites for hydroxylation is 2. The van der Waals surface area contributed by atoms with Crippen LogP contribution in [0.25, 0.3) is 10.2 Å². The third-order valence-corrected chi connectivity index (χ3v) is 5.32. The quantitative estimate of drug-likeness (QED) is 0.686. The summed E-state index contributed by atoms with van der Waals surface area (Å²) in [6.45, 7) is 8.03. The molecule has 0 aliphatic heterocycles. The minimum atomic E-state index is -0.343. The van der Waals surface area contributed by atoms with Gasteiger partial charge in [-0.15, -0.1) is 11.3 Å². The summed E-state index contributed by atoms with van der Waals surface area (Å²) < 4.78 is 0. The maximum absolute atomic E-state index is 9.57. The van der Waals surface area contributed by atoms with Crippen molar-refractivity contribution in [1.82, 2.24) is 9.97 Å². The summed E-state index contributed by atoms with van der Waals surface area (Å²) >= 11 is 3.32. The van der Waals surface area contributed by atoms with Crippen LogP contribution in [0.5, 0.6) is 0 Å². The van der Waals surface area contributed by atoms with Crippen molar-refractivity contribution in [3.8, 4) is 0 Å². The van der Waals surface area contributed by atoms with Gasteiger partial charge in [-0.2, -0.15) is 0 Å². The van der Waals surface area contributed by atoms with E-state index in [-0.39, 0.29) is 11.4 Å². The van der Waals surface area contributed by atoms with E-state index < -0.39 is 0 Å². The zero-order valence-corrected chi connectivity index (χ0v) is 12.0. The second-order valence-electron chi connectivity index (χ2n) is 4.21. The maximum Gasteiger partial charge on any atom is 0.128 e. The highest BCUT2D eigenvalue weighted by Crippen LogP contribution is 2.36. The third kappa shape index (κ3) is 2.46. The van der Waals surface area contributed by atoms with E-state index in [1.165, 1.54) is 10.4 Å². The van der Waals surface area contributed by atoms with Gasteiger partial charge < -0.3 is 5.11 Å². The number of aliphatic hydroxyl groups is 1. The molecule has 2 aromatic rings. The van der Waals surface area contributed by atoms with Gasteiger partial charge in [0, 0.05) is 15.5 Å². The Labute approximate surface area is 109 Å². The van der Waals surface area contributed by atoms with E-state index in [0.717, 1.165) is 15.2 Å². The Morgan fingerprint density at radius 2 is 2.00 bits per heavy atom. The van der Waals surface area contributed by atoms with Crippen molar-refractivity contribution < 1.29 is 5.11 Å². The SMILES string of the molecule is Cc1sc2ncnc(SC(C)C(C)O)c2c1C. The van der Waals surface area contributed by atoms with Crippen molar-refractivity contribution in [3.63, 3.8) is 0 Å². The number of fused-ring (bicyclic) bond motifs is 1. The van der Waals surface area contributed by atoms with Crippen LogP contribution in [-0.4, -0.2) is 26.4 Å². The average molecular weight is 268 g/mol. The van der Waals surface area contributed by atoms with Gasteiger partial charge in [-0.1, -0.05) is 18.7 Å². The Kier molecular flexibility index (Phi) is 3.70. The highest BCUT2D eigenvalue weighted by atomic mass is 32.2. The smallest absolute Gasteiger partial charge is 0.128 e. The van der Waals surface area contributed by atoms with E-state index in [1.807, 2.05) is 13.8 Å². The first-order valence-corrected chi connectivity index (χ1v) is 7.25. The number of thiophene rings is 1. The number of rotatable bonds is 3. The Hall–Kier alpha value is -0.650. The van der Waals surface area contributed by atoms with Crippen LogP contribution in [0.15, 0.2) is 11.4 Å². The molecule has 0 aromatic carbocycles. The monoisotopic (exact) mass is 268 g/mol. The lowest BCUT2D eigenvalue weighted by Gasteiger charge is -2.13. The second kappa shape index (κ2) is 4.92. The van der Waals surface area contributed by atoms with Gasteiger partial charge in [0.05, 0.1) is 6.10 Å². The zero-order chi connectivity index (χ0) is 12.6. The molecule has 2 heterocycles. The summed E-state index contributed by atoms with van der Waals surface area (Å²) in [5.41, 5.74) is 1.26. The molecule has 2 rings (SSSR count). The largest absolute Gasteiger partial charge is 0.392 e. The molecule has 0 fully saturated rings. The second-order valence-corrected chi connectivity index (χ2v) is 6.77. The van der Waals surface area contributed by atoms with Crippen molar-refractivity contribution in [1.29, 1.82) is 0 Å². The van der Waals surface area contributed by atoms with Crippen LogP contribution in [0.3, 0.4) is 0 Å². The minimum absolute atomic E-state index is 0.132. The summed E-state index contributed by atoms with van der Waals surface area (Å²) in [6, 6.07) is 0. The molecule has 17 heavy (non-hydrogen) atoms. The summed E-state index contributed by atoms with van der Waals surface area (Å²) in [7, 11) is 0. The molecule has 0 spiro atoms. The molecule has 0 radical (unpaired) electrons. The van der Waals surface area contributed by atoms with Crippen molar-refractivity contribution in [3.05, 3.63) is 16.8 Å². The van der Waals surface area contributed by atoms with Crippen LogP contribution < -0.4 is 0 Å². The molecule has 0 aliphatic carbocycles. The molecule has 2 aromatic heterocycles. The Bertz CT molecular complexity index is 537. The molecular weight excluding hydrogens is 252 g/mol. The van der Waals surface area contributed by atoms with Crippen LogP contribution in [0, 0.1) is 13.8 Å². The van der Waals surface area contributed by atoms with Crippen LogP contribution in [-0.2, 0) is 0 Å². The minimum Gasteiger partial charge on any atom is -0.392 e. The predicted molar refractivity (Wildman–Crippen MR) is 73.9 cm³/mol. The van der Waals surface area contributed by atoms with Crippen molar-refractivity contribution >= 4 is 33.3 Å². The van der Waals surface area contributed by atoms with E-state index in [0.29, 0.717) is 0 Å². The van der Waals surface area contributed by atoms with Crippen LogP contribution in [0.1, 0.15) is 24.3 Å². The highest BCUT2D eigenvalue weighted by molar-refractivity contribution is 8.00. The van der Waals surface area contributed by atoms with Crippen molar-refractivity contribution in [2.75, 3.05) is 0 Å². The third-order valence-electron chi connectivity index (χ3n) is 2.91. The van der Waals surface area contributed by atoms with Crippen LogP contribution in [0.4, 0.5) is 0 Å². The van der Waals surface area contributed by atoms with Crippen LogP contribution in [0.2, 0.25) is 0 Å². The number of aliphatic hydroxyl groups excluding tert-OH is 1. The first-order chi connectivity index (χ1) is 8.00. The highest BCUT2D eigenvalue weighted by Gasteiger charge is 2.17. The van der Waals surface area contributed by atoms with Crippen molar-refractivity contribution in [2.45, 2.75) is 44.1 Å². The normalized spacial score (nSPS) is 15.1. The molecule has 2 atom stereocenters. The van der Waals surface area contributed by atoms with Gasteiger partial charge in [-0.25, -0.2) is 9.97 Å². The molecule has 92 valence electrons. The van der Waals surface area contributed by atoms with E-state index in [1.54, 1.807) is 29.4 Å². The first kappa shape index (κ1) is 12.8. The number of thioether (sulfide) groups is 1. The van der Waals surface area contributed by atoms with Gasteiger partial charge in [0.1, 0.15) is 16.2 Å². The molecule has 1 N–H and O–H groups in total. The van der Waals surface area contributed by atoms with Gasteiger partial charge in [0.2, 0.25) is 0 Å². The van der Waals surface area contributed by atoms with Crippen molar-refractivity contribution in [2.24, 2.45) is 0 Å². The summed E-state index contributed by atoms with van der Waals surface area (Å²) in [6.07, 6.45) is 1.26. The predicted octanol–water partition coefficient (Wildman–Crippen LogP) is 3.17. The Balaban J connectivity index is 2.47. The van der Waals surface area contributed by atoms with E-state index in [2.05, 4.69) is 23.8 Å². The lowest BCUT2D eigenvalue weighted by molar-refractivity contribution is 0.196. The fourth-order valence-corrected chi connectivity index (χ4v) is 3.60. The lowest BCUT2D eigenvalue weighted by Crippen LogP contribution is -2.15. The van der Waals surface area contributed by atoms with Gasteiger partial charge in [0.15, 0.2) is 0 Å². The average Bonchev–Trinajstić information content (AvgIpc) is 2.56. The molecule has 0 bridgehead atoms. The first-order valence-electron chi connectivity index (χ1n) is 5.56. The molecule has 0 saturated carbocycles. The Morgan fingerprint density at radius 1 is 1.29 bits per heavy atom. The summed E-state index contributed by atoms with van der Waals surface area (Å²) in [5.74, 6) is 0. The lowest BCUT2D eigenvalue weighted by atomic mass is 10.2. The number of hydrogen-bond acceptors (Lipinski definition) is 5. The van der Waals surface area contributed by atoms with Crippen LogP contribution >= 0.6 is 23.1 Å². The summed E-state index contributed by atoms with van der Waals surface area (Å²) in [5, 5.41) is 11.8. The fraction of sp³-hybridized carbons (Fsp3) is 0.500. The van der Waals surface area contributed by atoms with E-state index >= 15 is 0 Å². The van der Waals surface area contributed by atoms with Gasteiger partial charge >= 0.3 is 0 Å². The molecule has 3 nitrogen and oxygen atoms in total. The number of nitrogens with zero attached hydrogens (tertiary/aromatic N) is 2. The van der Waals surface area contributed by atoms with Gasteiger partial charge in [-0.05, 0) is 26.3 Å². The molecule has 5 heteroatoms. The number of aromatic nitrogens is 2. The van der Waals surface area contributed by atoms with Gasteiger partial charge in [0.25, 0.3) is 0 Å². The molecular formula is C12H16N2OS2. The topological polar surface area (TPSA) is 46.0 Å². The number of hydrogen-bond donors (Lipinski definition) is 1. The molecule has 0 saturated heterocycles. The summed E-state index contributed by atoms with van der Waals surface area (Å²) in [4.78, 5) is 11.0. The van der Waals surface area contributed by atoms with Gasteiger partial charge in [-0.3, -0.25) is 0 Å². The van der Waals surface area contributed by atoms with E-state index in [9.17, 15) is 5.11 Å². The standard InChI is InChI=1S/C12H16N2OS2/c1-6-8(3)16-11-10(6)12(14-5-13-11)17-9(4)7(2)15/h5,7,9,15H,1-4H3. The van der Waals surface area contributed by atoms with E-state index in [4.69, 9.17) is 0 Å². The molecule has 0 aliphatic rings. The fourth-order valence-electron chi connectivity index (χ4n) is 1.51. The molecule has 2 unspecified atom stereocenters. The maximum atomic E-state index is 9.57. The zero-order valence-electron chi connectivity index (χ0n) is 10.4. The molecule has 0 amide bonds.